The molecule has 1 amide bonds. The zero-order valence-electron chi connectivity index (χ0n) is 13.3. The third-order valence-electron chi connectivity index (χ3n) is 4.29. The second-order valence-electron chi connectivity index (χ2n) is 6.02. The number of nitrogens with zero attached hydrogens (tertiary/aromatic N) is 4. The molecular formula is C17H17N5O2. The Hall–Kier alpha value is -2.96. The van der Waals surface area contributed by atoms with Gasteiger partial charge in [-0.3, -0.25) is 4.79 Å². The molecule has 0 spiro atoms. The van der Waals surface area contributed by atoms with Gasteiger partial charge in [0.15, 0.2) is 5.82 Å². The smallest absolute Gasteiger partial charge is 0.227 e. The molecule has 0 saturated heterocycles. The van der Waals surface area contributed by atoms with E-state index in [4.69, 9.17) is 4.52 Å². The van der Waals surface area contributed by atoms with Crippen LogP contribution in [0, 0.1) is 0 Å². The topological polar surface area (TPSA) is 85.8 Å². The number of aromatic nitrogens is 4. The molecule has 3 heterocycles. The van der Waals surface area contributed by atoms with E-state index in [1.54, 1.807) is 12.5 Å². The molecule has 1 unspecified atom stereocenters. The van der Waals surface area contributed by atoms with Gasteiger partial charge in [0, 0.05) is 43.4 Å². The van der Waals surface area contributed by atoms with Gasteiger partial charge < -0.3 is 14.4 Å². The Balaban J connectivity index is 1.52. The van der Waals surface area contributed by atoms with Crippen LogP contribution in [0.15, 0.2) is 41.3 Å². The van der Waals surface area contributed by atoms with Gasteiger partial charge >= 0.3 is 0 Å². The second-order valence-corrected chi connectivity index (χ2v) is 6.02. The van der Waals surface area contributed by atoms with Gasteiger partial charge in [-0.05, 0) is 11.6 Å². The van der Waals surface area contributed by atoms with Crippen LogP contribution in [0.2, 0.25) is 0 Å². The van der Waals surface area contributed by atoms with Crippen LogP contribution in [-0.4, -0.2) is 25.6 Å². The summed E-state index contributed by atoms with van der Waals surface area (Å²) in [6, 6.07) is 7.85. The van der Waals surface area contributed by atoms with E-state index in [-0.39, 0.29) is 11.8 Å². The highest BCUT2D eigenvalue weighted by Gasteiger charge is 2.26. The summed E-state index contributed by atoms with van der Waals surface area (Å²) >= 11 is 0. The Kier molecular flexibility index (Phi) is 3.60. The number of aryl methyl sites for hydroxylation is 1. The number of amides is 1. The molecule has 1 aliphatic rings. The third kappa shape index (κ3) is 2.80. The van der Waals surface area contributed by atoms with Crippen LogP contribution >= 0.6 is 0 Å². The van der Waals surface area contributed by atoms with Gasteiger partial charge in [-0.2, -0.15) is 4.98 Å². The molecule has 0 fully saturated rings. The molecule has 7 nitrogen and oxygen atoms in total. The number of hydrogen-bond acceptors (Lipinski definition) is 5. The van der Waals surface area contributed by atoms with Gasteiger partial charge in [-0.25, -0.2) is 4.98 Å². The first-order valence-electron chi connectivity index (χ1n) is 7.84. The number of hydrogen-bond donors (Lipinski definition) is 1. The predicted octanol–water partition coefficient (Wildman–Crippen LogP) is 2.06. The van der Waals surface area contributed by atoms with Crippen LogP contribution in [-0.2, 0) is 24.7 Å². The average Bonchev–Trinajstić information content (AvgIpc) is 3.17. The molecule has 0 aliphatic carbocycles. The predicted molar refractivity (Wildman–Crippen MR) is 86.4 cm³/mol. The normalized spacial score (nSPS) is 16.7. The van der Waals surface area contributed by atoms with Crippen LogP contribution in [0.3, 0.4) is 0 Å². The Labute approximate surface area is 138 Å². The number of anilines is 1. The minimum atomic E-state index is 0.0216. The molecule has 3 aromatic rings. The van der Waals surface area contributed by atoms with E-state index in [0.717, 1.165) is 16.9 Å². The van der Waals surface area contributed by atoms with Crippen molar-refractivity contribution in [2.75, 3.05) is 5.32 Å². The second kappa shape index (κ2) is 5.92. The summed E-state index contributed by atoms with van der Waals surface area (Å²) in [7, 11) is 1.93. The first-order chi connectivity index (χ1) is 11.7. The number of para-hydroxylation sites is 1. The van der Waals surface area contributed by atoms with E-state index >= 15 is 0 Å². The largest absolute Gasteiger partial charge is 0.339 e. The van der Waals surface area contributed by atoms with Crippen molar-refractivity contribution >= 4 is 11.6 Å². The van der Waals surface area contributed by atoms with Gasteiger partial charge in [-0.1, -0.05) is 23.4 Å². The van der Waals surface area contributed by atoms with Gasteiger partial charge in [-0.15, -0.1) is 0 Å². The monoisotopic (exact) mass is 323 g/mol. The van der Waals surface area contributed by atoms with Crippen molar-refractivity contribution in [3.63, 3.8) is 0 Å². The van der Waals surface area contributed by atoms with Crippen LogP contribution in [0.25, 0.3) is 0 Å². The summed E-state index contributed by atoms with van der Waals surface area (Å²) in [5.74, 6) is 1.26. The summed E-state index contributed by atoms with van der Waals surface area (Å²) in [5.41, 5.74) is 3.00. The molecule has 1 aromatic carbocycles. The maximum atomic E-state index is 11.9. The lowest BCUT2D eigenvalue weighted by Gasteiger charge is -2.24. The maximum absolute atomic E-state index is 11.9. The van der Waals surface area contributed by atoms with E-state index in [1.165, 1.54) is 0 Å². The zero-order valence-corrected chi connectivity index (χ0v) is 13.3. The van der Waals surface area contributed by atoms with Crippen molar-refractivity contribution in [1.82, 2.24) is 19.7 Å². The first kappa shape index (κ1) is 14.6. The van der Waals surface area contributed by atoms with Crippen molar-refractivity contribution in [3.05, 3.63) is 59.8 Å². The van der Waals surface area contributed by atoms with Crippen molar-refractivity contribution in [1.29, 1.82) is 0 Å². The van der Waals surface area contributed by atoms with E-state index in [9.17, 15) is 4.79 Å². The molecule has 24 heavy (non-hydrogen) atoms. The van der Waals surface area contributed by atoms with Crippen molar-refractivity contribution in [3.8, 4) is 0 Å². The summed E-state index contributed by atoms with van der Waals surface area (Å²) in [6.07, 6.45) is 5.09. The zero-order chi connectivity index (χ0) is 16.5. The molecule has 4 rings (SSSR count). The van der Waals surface area contributed by atoms with Crippen LogP contribution < -0.4 is 5.32 Å². The minimum absolute atomic E-state index is 0.0216. The van der Waals surface area contributed by atoms with E-state index in [2.05, 4.69) is 20.4 Å². The first-order valence-corrected chi connectivity index (χ1v) is 7.84. The lowest BCUT2D eigenvalue weighted by Crippen LogP contribution is -2.24. The fourth-order valence-corrected chi connectivity index (χ4v) is 3.06. The maximum Gasteiger partial charge on any atom is 0.227 e. The lowest BCUT2D eigenvalue weighted by molar-refractivity contribution is -0.116. The summed E-state index contributed by atoms with van der Waals surface area (Å²) < 4.78 is 7.31. The van der Waals surface area contributed by atoms with E-state index in [1.807, 2.05) is 35.9 Å². The highest BCUT2D eigenvalue weighted by Crippen LogP contribution is 2.34. The number of carbonyl (C=O) groups excluding carboxylic acids is 1. The van der Waals surface area contributed by atoms with E-state index < -0.39 is 0 Å². The standard InChI is InChI=1S/C17H17N5O2/c1-22-10-18-9-12(22)8-15-20-17(24-21-15)7-11-6-16(23)19-14-5-3-2-4-13(11)14/h2-5,9-11H,6-8H2,1H3,(H,19,23). The fourth-order valence-electron chi connectivity index (χ4n) is 3.06. The number of carbonyl (C=O) groups is 1. The lowest BCUT2D eigenvalue weighted by atomic mass is 9.88. The van der Waals surface area contributed by atoms with Crippen LogP contribution in [0.1, 0.15) is 35.3 Å². The number of imidazole rings is 1. The van der Waals surface area contributed by atoms with Crippen LogP contribution in [0.4, 0.5) is 5.69 Å². The molecule has 0 bridgehead atoms. The van der Waals surface area contributed by atoms with Gasteiger partial charge in [0.25, 0.3) is 0 Å². The molecule has 2 aromatic heterocycles. The summed E-state index contributed by atoms with van der Waals surface area (Å²) in [5, 5.41) is 6.95. The number of benzene rings is 1. The Bertz CT molecular complexity index is 883. The molecule has 0 radical (unpaired) electrons. The average molecular weight is 323 g/mol. The number of rotatable bonds is 4. The molecule has 0 saturated carbocycles. The molecule has 7 heteroatoms. The summed E-state index contributed by atoms with van der Waals surface area (Å²) in [4.78, 5) is 20.4. The van der Waals surface area contributed by atoms with Crippen molar-refractivity contribution < 1.29 is 9.32 Å². The Morgan fingerprint density at radius 2 is 2.25 bits per heavy atom. The van der Waals surface area contributed by atoms with E-state index in [0.29, 0.717) is 31.0 Å². The highest BCUT2D eigenvalue weighted by atomic mass is 16.5. The molecule has 1 aliphatic heterocycles. The Morgan fingerprint density at radius 1 is 1.38 bits per heavy atom. The van der Waals surface area contributed by atoms with Crippen LogP contribution in [0.5, 0.6) is 0 Å². The molecule has 122 valence electrons. The SMILES string of the molecule is Cn1cncc1Cc1noc(CC2CC(=O)Nc3ccccc32)n1. The van der Waals surface area contributed by atoms with Gasteiger partial charge in [0.1, 0.15) is 0 Å². The number of nitrogens with one attached hydrogen (secondary N) is 1. The quantitative estimate of drug-likeness (QED) is 0.794. The minimum Gasteiger partial charge on any atom is -0.339 e. The Morgan fingerprint density at radius 3 is 3.08 bits per heavy atom. The summed E-state index contributed by atoms with van der Waals surface area (Å²) in [6.45, 7) is 0. The molecule has 1 atom stereocenters. The molecule has 1 N–H and O–H groups in total. The third-order valence-corrected chi connectivity index (χ3v) is 4.29. The van der Waals surface area contributed by atoms with Crippen molar-refractivity contribution in [2.45, 2.75) is 25.2 Å². The van der Waals surface area contributed by atoms with Crippen molar-refractivity contribution in [2.24, 2.45) is 7.05 Å². The van der Waals surface area contributed by atoms with Gasteiger partial charge in [0.2, 0.25) is 11.8 Å². The van der Waals surface area contributed by atoms with Gasteiger partial charge in [0.05, 0.1) is 12.7 Å². The molecular weight excluding hydrogens is 306 g/mol. The highest BCUT2D eigenvalue weighted by molar-refractivity contribution is 5.94. The fraction of sp³-hybridized carbons (Fsp3) is 0.294. The number of fused-ring (bicyclic) bond motifs is 1.